The van der Waals surface area contributed by atoms with Crippen LogP contribution in [0.1, 0.15) is 5.56 Å². The molecule has 1 heterocycles. The summed E-state index contributed by atoms with van der Waals surface area (Å²) in [5.74, 6) is 0.875. The number of fused-ring (bicyclic) bond motifs is 1. The van der Waals surface area contributed by atoms with E-state index < -0.39 is 6.10 Å². The average molecular weight is 179 g/mol. The Labute approximate surface area is 77.1 Å². The number of para-hydroxylation sites is 1. The van der Waals surface area contributed by atoms with Gasteiger partial charge in [0.15, 0.2) is 0 Å². The van der Waals surface area contributed by atoms with Crippen molar-refractivity contribution in [2.75, 3.05) is 6.54 Å². The van der Waals surface area contributed by atoms with Gasteiger partial charge in [-0.1, -0.05) is 18.2 Å². The number of aliphatic hydroxyl groups is 1. The van der Waals surface area contributed by atoms with E-state index >= 15 is 0 Å². The van der Waals surface area contributed by atoms with Crippen molar-refractivity contribution in [2.45, 2.75) is 18.6 Å². The van der Waals surface area contributed by atoms with E-state index in [9.17, 15) is 5.11 Å². The van der Waals surface area contributed by atoms with Crippen molar-refractivity contribution in [1.29, 1.82) is 0 Å². The number of rotatable bonds is 2. The summed E-state index contributed by atoms with van der Waals surface area (Å²) in [6, 6.07) is 7.83. The van der Waals surface area contributed by atoms with E-state index in [1.54, 1.807) is 0 Å². The highest BCUT2D eigenvalue weighted by molar-refractivity contribution is 5.37. The Balaban J connectivity index is 2.14. The Bertz CT molecular complexity index is 276. The summed E-state index contributed by atoms with van der Waals surface area (Å²) in [7, 11) is 0. The number of hydrogen-bond donors (Lipinski definition) is 2. The van der Waals surface area contributed by atoms with Gasteiger partial charge in [0.05, 0.1) is 0 Å². The molecule has 2 atom stereocenters. The fourth-order valence-electron chi connectivity index (χ4n) is 1.58. The third kappa shape index (κ3) is 1.53. The van der Waals surface area contributed by atoms with Gasteiger partial charge >= 0.3 is 0 Å². The van der Waals surface area contributed by atoms with Crippen LogP contribution in [0.2, 0.25) is 0 Å². The monoisotopic (exact) mass is 179 g/mol. The molecule has 0 amide bonds. The zero-order valence-corrected chi connectivity index (χ0v) is 7.31. The molecule has 3 N–H and O–H groups in total. The molecule has 0 bridgehead atoms. The molecule has 3 nitrogen and oxygen atoms in total. The molecule has 1 aliphatic heterocycles. The Morgan fingerprint density at radius 3 is 3.00 bits per heavy atom. The molecule has 1 aromatic rings. The summed E-state index contributed by atoms with van der Waals surface area (Å²) >= 11 is 0. The quantitative estimate of drug-likeness (QED) is 0.687. The van der Waals surface area contributed by atoms with Crippen LogP contribution in [0.3, 0.4) is 0 Å². The lowest BCUT2D eigenvalue weighted by Gasteiger charge is -2.15. The molecule has 0 aromatic heterocycles. The lowest BCUT2D eigenvalue weighted by molar-refractivity contribution is 0.0561. The summed E-state index contributed by atoms with van der Waals surface area (Å²) in [5.41, 5.74) is 6.51. The van der Waals surface area contributed by atoms with Crippen LogP contribution in [-0.4, -0.2) is 23.9 Å². The Morgan fingerprint density at radius 2 is 2.31 bits per heavy atom. The van der Waals surface area contributed by atoms with E-state index in [1.807, 2.05) is 24.3 Å². The molecule has 70 valence electrons. The molecule has 1 aromatic carbocycles. The first-order chi connectivity index (χ1) is 6.31. The molecule has 0 saturated carbocycles. The second kappa shape index (κ2) is 3.36. The maximum absolute atomic E-state index is 9.48. The van der Waals surface area contributed by atoms with Crippen molar-refractivity contribution in [3.8, 4) is 5.75 Å². The van der Waals surface area contributed by atoms with E-state index in [0.717, 1.165) is 17.7 Å². The minimum Gasteiger partial charge on any atom is -0.487 e. The molecule has 0 saturated heterocycles. The van der Waals surface area contributed by atoms with Gasteiger partial charge in [-0.2, -0.15) is 0 Å². The lowest BCUT2D eigenvalue weighted by atomic mass is 10.1. The van der Waals surface area contributed by atoms with E-state index in [2.05, 4.69) is 0 Å². The zero-order valence-electron chi connectivity index (χ0n) is 7.31. The second-order valence-electron chi connectivity index (χ2n) is 3.27. The van der Waals surface area contributed by atoms with E-state index in [-0.39, 0.29) is 12.6 Å². The lowest BCUT2D eigenvalue weighted by Crippen LogP contribution is -2.36. The second-order valence-corrected chi connectivity index (χ2v) is 3.27. The van der Waals surface area contributed by atoms with Crippen LogP contribution in [0.4, 0.5) is 0 Å². The Hall–Kier alpha value is -1.06. The van der Waals surface area contributed by atoms with Gasteiger partial charge in [0.2, 0.25) is 0 Å². The molecule has 0 fully saturated rings. The standard InChI is InChI=1S/C10H13NO2/c11-6-8(12)10-5-7-3-1-2-4-9(7)13-10/h1-4,8,10,12H,5-6,11H2. The zero-order chi connectivity index (χ0) is 9.26. The van der Waals surface area contributed by atoms with Gasteiger partial charge in [-0.05, 0) is 11.6 Å². The molecule has 3 heteroatoms. The van der Waals surface area contributed by atoms with Crippen LogP contribution in [-0.2, 0) is 6.42 Å². The van der Waals surface area contributed by atoms with Crippen molar-refractivity contribution in [3.05, 3.63) is 29.8 Å². The first kappa shape index (κ1) is 8.53. The molecule has 0 aliphatic carbocycles. The van der Waals surface area contributed by atoms with Gasteiger partial charge in [0, 0.05) is 13.0 Å². The fourth-order valence-corrected chi connectivity index (χ4v) is 1.58. The minimum absolute atomic E-state index is 0.164. The van der Waals surface area contributed by atoms with Crippen LogP contribution >= 0.6 is 0 Å². The topological polar surface area (TPSA) is 55.5 Å². The summed E-state index contributed by atoms with van der Waals surface area (Å²) in [4.78, 5) is 0. The molecular weight excluding hydrogens is 166 g/mol. The third-order valence-electron chi connectivity index (χ3n) is 2.34. The van der Waals surface area contributed by atoms with E-state index in [0.29, 0.717) is 0 Å². The summed E-state index contributed by atoms with van der Waals surface area (Å²) < 4.78 is 5.53. The predicted molar refractivity (Wildman–Crippen MR) is 49.6 cm³/mol. The van der Waals surface area contributed by atoms with Crippen LogP contribution in [0.5, 0.6) is 5.75 Å². The van der Waals surface area contributed by atoms with E-state index in [4.69, 9.17) is 10.5 Å². The van der Waals surface area contributed by atoms with Crippen LogP contribution in [0, 0.1) is 0 Å². The molecule has 13 heavy (non-hydrogen) atoms. The van der Waals surface area contributed by atoms with Crippen molar-refractivity contribution in [3.63, 3.8) is 0 Å². The first-order valence-corrected chi connectivity index (χ1v) is 4.44. The Morgan fingerprint density at radius 1 is 1.54 bits per heavy atom. The first-order valence-electron chi connectivity index (χ1n) is 4.44. The maximum atomic E-state index is 9.48. The minimum atomic E-state index is -0.563. The third-order valence-corrected chi connectivity index (χ3v) is 2.34. The van der Waals surface area contributed by atoms with Gasteiger partial charge in [-0.15, -0.1) is 0 Å². The SMILES string of the molecule is NCC(O)C1Cc2ccccc2O1. The summed E-state index contributed by atoms with van der Waals surface area (Å²) in [6.45, 7) is 0.249. The predicted octanol–water partition coefficient (Wildman–Crippen LogP) is 0.310. The van der Waals surface area contributed by atoms with Crippen LogP contribution in [0.25, 0.3) is 0 Å². The number of nitrogens with two attached hydrogens (primary N) is 1. The highest BCUT2D eigenvalue weighted by Gasteiger charge is 2.27. The highest BCUT2D eigenvalue weighted by atomic mass is 16.5. The molecular formula is C10H13NO2. The normalized spacial score (nSPS) is 22.2. The van der Waals surface area contributed by atoms with Gasteiger partial charge in [-0.25, -0.2) is 0 Å². The number of ether oxygens (including phenoxy) is 1. The van der Waals surface area contributed by atoms with Crippen LogP contribution < -0.4 is 10.5 Å². The van der Waals surface area contributed by atoms with Crippen molar-refractivity contribution in [1.82, 2.24) is 0 Å². The maximum Gasteiger partial charge on any atom is 0.130 e. The number of benzene rings is 1. The molecule has 0 radical (unpaired) electrons. The van der Waals surface area contributed by atoms with E-state index in [1.165, 1.54) is 0 Å². The smallest absolute Gasteiger partial charge is 0.130 e. The molecule has 0 spiro atoms. The number of aliphatic hydroxyl groups excluding tert-OH is 1. The number of hydrogen-bond acceptors (Lipinski definition) is 3. The fraction of sp³-hybridized carbons (Fsp3) is 0.400. The van der Waals surface area contributed by atoms with Gasteiger partial charge in [-0.3, -0.25) is 0 Å². The molecule has 2 unspecified atom stereocenters. The Kier molecular flexibility index (Phi) is 2.20. The van der Waals surface area contributed by atoms with Gasteiger partial charge in [0.25, 0.3) is 0 Å². The van der Waals surface area contributed by atoms with Gasteiger partial charge in [0.1, 0.15) is 18.0 Å². The summed E-state index contributed by atoms with van der Waals surface area (Å²) in [6.07, 6.45) is 0.0314. The van der Waals surface area contributed by atoms with Crippen molar-refractivity contribution < 1.29 is 9.84 Å². The summed E-state index contributed by atoms with van der Waals surface area (Å²) in [5, 5.41) is 9.48. The van der Waals surface area contributed by atoms with Crippen molar-refractivity contribution >= 4 is 0 Å². The van der Waals surface area contributed by atoms with Crippen LogP contribution in [0.15, 0.2) is 24.3 Å². The highest BCUT2D eigenvalue weighted by Crippen LogP contribution is 2.29. The molecule has 1 aliphatic rings. The largest absolute Gasteiger partial charge is 0.487 e. The molecule has 2 rings (SSSR count). The van der Waals surface area contributed by atoms with Gasteiger partial charge < -0.3 is 15.6 Å². The average Bonchev–Trinajstić information content (AvgIpc) is 2.59. The van der Waals surface area contributed by atoms with Crippen molar-refractivity contribution in [2.24, 2.45) is 5.73 Å².